The minimum absolute atomic E-state index is 0.318. The van der Waals surface area contributed by atoms with E-state index in [9.17, 15) is 4.79 Å². The Balaban J connectivity index is 1.67. The van der Waals surface area contributed by atoms with E-state index < -0.39 is 0 Å². The number of hydrogen-bond donors (Lipinski definition) is 1. The van der Waals surface area contributed by atoms with Crippen molar-refractivity contribution in [3.63, 3.8) is 0 Å². The second kappa shape index (κ2) is 8.21. The summed E-state index contributed by atoms with van der Waals surface area (Å²) in [6.45, 7) is 0.759. The maximum atomic E-state index is 12.3. The number of anilines is 2. The van der Waals surface area contributed by atoms with Gasteiger partial charge in [0.25, 0.3) is 5.91 Å². The first-order chi connectivity index (χ1) is 12.5. The van der Waals surface area contributed by atoms with Crippen molar-refractivity contribution in [3.05, 3.63) is 88.2 Å². The summed E-state index contributed by atoms with van der Waals surface area (Å²) in [6, 6.07) is 18.6. The Labute approximate surface area is 162 Å². The van der Waals surface area contributed by atoms with Crippen molar-refractivity contribution in [1.29, 1.82) is 0 Å². The molecule has 1 heterocycles. The van der Waals surface area contributed by atoms with E-state index >= 15 is 0 Å². The summed E-state index contributed by atoms with van der Waals surface area (Å²) in [5.74, 6) is -0.319. The van der Waals surface area contributed by atoms with Gasteiger partial charge in [-0.3, -0.25) is 4.79 Å². The van der Waals surface area contributed by atoms with Crippen molar-refractivity contribution in [2.24, 2.45) is 0 Å². The van der Waals surface area contributed by atoms with Crippen LogP contribution in [0.5, 0.6) is 0 Å². The molecule has 1 N–H and O–H groups in total. The number of rotatable bonds is 5. The van der Waals surface area contributed by atoms with E-state index in [1.54, 1.807) is 30.5 Å². The van der Waals surface area contributed by atoms with Crippen LogP contribution in [-0.2, 0) is 6.54 Å². The molecular weight excluding hydrogens is 369 g/mol. The highest BCUT2D eigenvalue weighted by Crippen LogP contribution is 2.23. The van der Waals surface area contributed by atoms with Crippen LogP contribution >= 0.6 is 23.2 Å². The summed E-state index contributed by atoms with van der Waals surface area (Å²) in [6.07, 6.45) is 1.68. The molecule has 0 atom stereocenters. The first-order valence-electron chi connectivity index (χ1n) is 8.00. The summed E-state index contributed by atoms with van der Waals surface area (Å²) in [5.41, 5.74) is 2.98. The van der Waals surface area contributed by atoms with Gasteiger partial charge in [-0.15, -0.1) is 0 Å². The van der Waals surface area contributed by atoms with Crippen LogP contribution in [0.25, 0.3) is 0 Å². The molecule has 0 unspecified atom stereocenters. The quantitative estimate of drug-likeness (QED) is 0.649. The van der Waals surface area contributed by atoms with Crippen LogP contribution in [0, 0.1) is 0 Å². The third-order valence-electron chi connectivity index (χ3n) is 3.80. The third kappa shape index (κ3) is 4.75. The molecule has 1 amide bonds. The molecule has 6 heteroatoms. The van der Waals surface area contributed by atoms with Gasteiger partial charge < -0.3 is 10.2 Å². The fourth-order valence-electron chi connectivity index (χ4n) is 2.52. The van der Waals surface area contributed by atoms with E-state index in [0.717, 1.165) is 12.2 Å². The Kier molecular flexibility index (Phi) is 5.76. The highest BCUT2D eigenvalue weighted by atomic mass is 35.5. The second-order valence-corrected chi connectivity index (χ2v) is 6.73. The fraction of sp³-hybridized carbons (Fsp3) is 0.100. The SMILES string of the molecule is CN(Cc1ccccc1)c1ccc(C(=O)Nc2cc(Cl)cc(Cl)c2)nc1. The van der Waals surface area contributed by atoms with Crippen LogP contribution in [0.15, 0.2) is 66.9 Å². The number of amides is 1. The van der Waals surface area contributed by atoms with Gasteiger partial charge in [-0.05, 0) is 35.9 Å². The molecule has 0 saturated carbocycles. The minimum atomic E-state index is -0.319. The Morgan fingerprint density at radius 2 is 1.73 bits per heavy atom. The molecule has 0 spiro atoms. The van der Waals surface area contributed by atoms with E-state index in [1.165, 1.54) is 5.56 Å². The summed E-state index contributed by atoms with van der Waals surface area (Å²) in [4.78, 5) is 18.7. The largest absolute Gasteiger partial charge is 0.369 e. The molecule has 3 aromatic rings. The molecule has 0 fully saturated rings. The Hall–Kier alpha value is -2.56. The van der Waals surface area contributed by atoms with Crippen LogP contribution in [0.4, 0.5) is 11.4 Å². The van der Waals surface area contributed by atoms with Crippen LogP contribution < -0.4 is 10.2 Å². The van der Waals surface area contributed by atoms with Crippen molar-refractivity contribution in [3.8, 4) is 0 Å². The van der Waals surface area contributed by atoms with E-state index in [1.807, 2.05) is 31.3 Å². The molecule has 0 bridgehead atoms. The van der Waals surface area contributed by atoms with E-state index in [-0.39, 0.29) is 5.91 Å². The number of pyridine rings is 1. The summed E-state index contributed by atoms with van der Waals surface area (Å²) < 4.78 is 0. The van der Waals surface area contributed by atoms with Gasteiger partial charge >= 0.3 is 0 Å². The smallest absolute Gasteiger partial charge is 0.274 e. The molecule has 0 aliphatic carbocycles. The molecule has 0 saturated heterocycles. The first-order valence-corrected chi connectivity index (χ1v) is 8.75. The van der Waals surface area contributed by atoms with Gasteiger partial charge in [-0.25, -0.2) is 4.98 Å². The molecule has 3 rings (SSSR count). The van der Waals surface area contributed by atoms with Crippen LogP contribution in [0.1, 0.15) is 16.1 Å². The zero-order valence-electron chi connectivity index (χ0n) is 14.1. The molecule has 2 aromatic carbocycles. The molecular formula is C20H17Cl2N3O. The zero-order chi connectivity index (χ0) is 18.5. The van der Waals surface area contributed by atoms with Gasteiger partial charge in [0.15, 0.2) is 0 Å². The van der Waals surface area contributed by atoms with Crippen molar-refractivity contribution < 1.29 is 4.79 Å². The van der Waals surface area contributed by atoms with Gasteiger partial charge in [0, 0.05) is 29.3 Å². The summed E-state index contributed by atoms with van der Waals surface area (Å²) in [7, 11) is 1.98. The Bertz CT molecular complexity index is 878. The van der Waals surface area contributed by atoms with Crippen LogP contribution in [0.2, 0.25) is 10.0 Å². The number of halogens is 2. The molecule has 4 nitrogen and oxygen atoms in total. The third-order valence-corrected chi connectivity index (χ3v) is 4.24. The van der Waals surface area contributed by atoms with Gasteiger partial charge in [-0.2, -0.15) is 0 Å². The van der Waals surface area contributed by atoms with Crippen molar-refractivity contribution in [2.75, 3.05) is 17.3 Å². The molecule has 1 aromatic heterocycles. The van der Waals surface area contributed by atoms with Gasteiger partial charge in [-0.1, -0.05) is 53.5 Å². The Morgan fingerprint density at radius 3 is 2.35 bits per heavy atom. The predicted molar refractivity (Wildman–Crippen MR) is 107 cm³/mol. The minimum Gasteiger partial charge on any atom is -0.369 e. The highest BCUT2D eigenvalue weighted by Gasteiger charge is 2.10. The van der Waals surface area contributed by atoms with Crippen molar-refractivity contribution in [2.45, 2.75) is 6.54 Å². The number of hydrogen-bond acceptors (Lipinski definition) is 3. The number of nitrogens with one attached hydrogen (secondary N) is 1. The standard InChI is InChI=1S/C20H17Cl2N3O/c1-25(13-14-5-3-2-4-6-14)18-7-8-19(23-12-18)20(26)24-17-10-15(21)9-16(22)11-17/h2-12H,13H2,1H3,(H,24,26). The lowest BCUT2D eigenvalue weighted by molar-refractivity contribution is 0.102. The van der Waals surface area contributed by atoms with Crippen molar-refractivity contribution in [1.82, 2.24) is 4.98 Å². The summed E-state index contributed by atoms with van der Waals surface area (Å²) >= 11 is 11.9. The molecule has 0 aliphatic rings. The van der Waals surface area contributed by atoms with Gasteiger partial charge in [0.1, 0.15) is 5.69 Å². The van der Waals surface area contributed by atoms with Gasteiger partial charge in [0.05, 0.1) is 11.9 Å². The van der Waals surface area contributed by atoms with E-state index in [0.29, 0.717) is 21.4 Å². The molecule has 26 heavy (non-hydrogen) atoms. The molecule has 0 radical (unpaired) electrons. The lowest BCUT2D eigenvalue weighted by Crippen LogP contribution is -2.18. The number of benzene rings is 2. The van der Waals surface area contributed by atoms with E-state index in [4.69, 9.17) is 23.2 Å². The normalized spacial score (nSPS) is 10.4. The topological polar surface area (TPSA) is 45.2 Å². The predicted octanol–water partition coefficient (Wildman–Crippen LogP) is 5.28. The molecule has 0 aliphatic heterocycles. The monoisotopic (exact) mass is 385 g/mol. The number of carbonyl (C=O) groups is 1. The van der Waals surface area contributed by atoms with Crippen LogP contribution in [0.3, 0.4) is 0 Å². The molecule has 132 valence electrons. The first kappa shape index (κ1) is 18.2. The maximum absolute atomic E-state index is 12.3. The number of carbonyl (C=O) groups excluding carboxylic acids is 1. The van der Waals surface area contributed by atoms with Crippen molar-refractivity contribution >= 4 is 40.5 Å². The fourth-order valence-corrected chi connectivity index (χ4v) is 3.04. The zero-order valence-corrected chi connectivity index (χ0v) is 15.6. The van der Waals surface area contributed by atoms with Gasteiger partial charge in [0.2, 0.25) is 0 Å². The van der Waals surface area contributed by atoms with E-state index in [2.05, 4.69) is 27.3 Å². The number of aromatic nitrogens is 1. The average Bonchev–Trinajstić information content (AvgIpc) is 2.62. The highest BCUT2D eigenvalue weighted by molar-refractivity contribution is 6.35. The number of nitrogens with zero attached hydrogens (tertiary/aromatic N) is 2. The lowest BCUT2D eigenvalue weighted by atomic mass is 10.2. The second-order valence-electron chi connectivity index (χ2n) is 5.86. The lowest BCUT2D eigenvalue weighted by Gasteiger charge is -2.19. The van der Waals surface area contributed by atoms with Crippen LogP contribution in [-0.4, -0.2) is 17.9 Å². The Morgan fingerprint density at radius 1 is 1.04 bits per heavy atom. The average molecular weight is 386 g/mol. The maximum Gasteiger partial charge on any atom is 0.274 e. The summed E-state index contributed by atoms with van der Waals surface area (Å²) in [5, 5.41) is 3.66.